The van der Waals surface area contributed by atoms with Gasteiger partial charge in [0.25, 0.3) is 0 Å². The third kappa shape index (κ3) is 2.70. The highest BCUT2D eigenvalue weighted by Gasteiger charge is 2.09. The minimum absolute atomic E-state index is 0.687. The Bertz CT molecular complexity index is 496. The average Bonchev–Trinajstić information content (AvgIpc) is 2.74. The smallest absolute Gasteiger partial charge is 0.118 e. The molecule has 2 heterocycles. The molecule has 2 aromatic rings. The van der Waals surface area contributed by atoms with E-state index in [1.807, 2.05) is 31.8 Å². The lowest BCUT2D eigenvalue weighted by atomic mass is 10.2. The normalized spacial score (nSPS) is 11.1. The molecule has 2 rings (SSSR count). The van der Waals surface area contributed by atoms with Crippen LogP contribution < -0.4 is 5.32 Å². The van der Waals surface area contributed by atoms with Gasteiger partial charge < -0.3 is 9.73 Å². The number of hydrogen-bond acceptors (Lipinski definition) is 3. The number of halogens is 1. The summed E-state index contributed by atoms with van der Waals surface area (Å²) in [6.45, 7) is 5.28. The fraction of sp³-hybridized carbons (Fsp3) is 0.417. The van der Waals surface area contributed by atoms with Crippen molar-refractivity contribution in [2.24, 2.45) is 0 Å². The SMILES string of the molecule is CNCc1cc(Cn2cc(Cl)c(C)n2)c(C)o1. The van der Waals surface area contributed by atoms with Crippen molar-refractivity contribution in [3.05, 3.63) is 40.1 Å². The number of aryl methyl sites for hydroxylation is 2. The van der Waals surface area contributed by atoms with Crippen LogP contribution >= 0.6 is 11.6 Å². The van der Waals surface area contributed by atoms with Gasteiger partial charge in [-0.3, -0.25) is 4.68 Å². The Labute approximate surface area is 106 Å². The van der Waals surface area contributed by atoms with Crippen molar-refractivity contribution in [3.8, 4) is 0 Å². The molecule has 0 aliphatic rings. The minimum Gasteiger partial charge on any atom is -0.465 e. The molecule has 0 bridgehead atoms. The van der Waals surface area contributed by atoms with Crippen LogP contribution in [0.2, 0.25) is 5.02 Å². The lowest BCUT2D eigenvalue weighted by Gasteiger charge is -1.98. The van der Waals surface area contributed by atoms with Crippen LogP contribution in [0.15, 0.2) is 16.7 Å². The molecule has 0 aliphatic heterocycles. The molecule has 0 aliphatic carbocycles. The lowest BCUT2D eigenvalue weighted by Crippen LogP contribution is -2.03. The van der Waals surface area contributed by atoms with E-state index in [0.29, 0.717) is 11.6 Å². The second kappa shape index (κ2) is 4.94. The maximum Gasteiger partial charge on any atom is 0.118 e. The molecule has 0 atom stereocenters. The highest BCUT2D eigenvalue weighted by molar-refractivity contribution is 6.31. The molecule has 0 aromatic carbocycles. The van der Waals surface area contributed by atoms with Gasteiger partial charge in [-0.1, -0.05) is 11.6 Å². The molecule has 1 N–H and O–H groups in total. The Balaban J connectivity index is 2.17. The molecule has 4 nitrogen and oxygen atoms in total. The first-order chi connectivity index (χ1) is 8.10. The molecule has 92 valence electrons. The van der Waals surface area contributed by atoms with Gasteiger partial charge in [0.15, 0.2) is 0 Å². The summed E-state index contributed by atoms with van der Waals surface area (Å²) in [6.07, 6.45) is 1.83. The fourth-order valence-corrected chi connectivity index (χ4v) is 1.91. The summed E-state index contributed by atoms with van der Waals surface area (Å²) in [4.78, 5) is 0. The third-order valence-corrected chi connectivity index (χ3v) is 3.01. The van der Waals surface area contributed by atoms with Crippen LogP contribution in [-0.2, 0) is 13.1 Å². The molecule has 0 fully saturated rings. The Morgan fingerprint density at radius 2 is 2.24 bits per heavy atom. The molecule has 2 aromatic heterocycles. The maximum atomic E-state index is 5.97. The van der Waals surface area contributed by atoms with E-state index in [2.05, 4.69) is 16.5 Å². The van der Waals surface area contributed by atoms with Gasteiger partial charge in [0, 0.05) is 11.8 Å². The van der Waals surface area contributed by atoms with Crippen LogP contribution in [0.4, 0.5) is 0 Å². The number of hydrogen-bond donors (Lipinski definition) is 1. The molecule has 17 heavy (non-hydrogen) atoms. The molecule has 5 heteroatoms. The van der Waals surface area contributed by atoms with E-state index in [1.54, 1.807) is 0 Å². The van der Waals surface area contributed by atoms with E-state index in [1.165, 1.54) is 0 Å². The molecule has 0 unspecified atom stereocenters. The highest BCUT2D eigenvalue weighted by Crippen LogP contribution is 2.18. The first-order valence-electron chi connectivity index (χ1n) is 5.52. The van der Waals surface area contributed by atoms with Gasteiger partial charge in [-0.25, -0.2) is 0 Å². The summed E-state index contributed by atoms with van der Waals surface area (Å²) < 4.78 is 7.46. The predicted octanol–water partition coefficient (Wildman–Crippen LogP) is 2.51. The standard InChI is InChI=1S/C12H16ClN3O/c1-8-12(13)7-16(15-8)6-10-4-11(5-14-3)17-9(10)2/h4,7,14H,5-6H2,1-3H3. The summed E-state index contributed by atoms with van der Waals surface area (Å²) in [5.41, 5.74) is 1.98. The first-order valence-corrected chi connectivity index (χ1v) is 5.90. The first kappa shape index (κ1) is 12.2. The molecule has 0 amide bonds. The van der Waals surface area contributed by atoms with Crippen LogP contribution in [0.25, 0.3) is 0 Å². The largest absolute Gasteiger partial charge is 0.465 e. The van der Waals surface area contributed by atoms with E-state index in [4.69, 9.17) is 16.0 Å². The fourth-order valence-electron chi connectivity index (χ4n) is 1.76. The monoisotopic (exact) mass is 253 g/mol. The molecular formula is C12H16ClN3O. The molecule has 0 saturated heterocycles. The number of nitrogens with zero attached hydrogens (tertiary/aromatic N) is 2. The van der Waals surface area contributed by atoms with E-state index < -0.39 is 0 Å². The highest BCUT2D eigenvalue weighted by atomic mass is 35.5. The maximum absolute atomic E-state index is 5.97. The third-order valence-electron chi connectivity index (χ3n) is 2.64. The van der Waals surface area contributed by atoms with Gasteiger partial charge in [0.2, 0.25) is 0 Å². The number of rotatable bonds is 4. The van der Waals surface area contributed by atoms with Crippen LogP contribution in [-0.4, -0.2) is 16.8 Å². The zero-order valence-corrected chi connectivity index (χ0v) is 11.0. The Kier molecular flexibility index (Phi) is 3.54. The Hall–Kier alpha value is -1.26. The van der Waals surface area contributed by atoms with E-state index in [0.717, 1.165) is 29.3 Å². The second-order valence-electron chi connectivity index (χ2n) is 4.08. The van der Waals surface area contributed by atoms with Crippen molar-refractivity contribution >= 4 is 11.6 Å². The van der Waals surface area contributed by atoms with Crippen LogP contribution in [0.3, 0.4) is 0 Å². The van der Waals surface area contributed by atoms with Crippen molar-refractivity contribution in [2.45, 2.75) is 26.9 Å². The Morgan fingerprint density at radius 3 is 2.82 bits per heavy atom. The van der Waals surface area contributed by atoms with Crippen molar-refractivity contribution in [1.82, 2.24) is 15.1 Å². The lowest BCUT2D eigenvalue weighted by molar-refractivity contribution is 0.467. The number of nitrogens with one attached hydrogen (secondary N) is 1. The van der Waals surface area contributed by atoms with Crippen LogP contribution in [0, 0.1) is 13.8 Å². The summed E-state index contributed by atoms with van der Waals surface area (Å²) in [5, 5.41) is 8.09. The summed E-state index contributed by atoms with van der Waals surface area (Å²) >= 11 is 5.97. The van der Waals surface area contributed by atoms with E-state index >= 15 is 0 Å². The van der Waals surface area contributed by atoms with E-state index in [-0.39, 0.29) is 0 Å². The second-order valence-corrected chi connectivity index (χ2v) is 4.49. The van der Waals surface area contributed by atoms with Crippen molar-refractivity contribution in [2.75, 3.05) is 7.05 Å². The molecule has 0 spiro atoms. The zero-order valence-electron chi connectivity index (χ0n) is 10.2. The molecule has 0 radical (unpaired) electrons. The van der Waals surface area contributed by atoms with Gasteiger partial charge in [-0.2, -0.15) is 5.10 Å². The summed E-state index contributed by atoms with van der Waals surface area (Å²) in [6, 6.07) is 2.05. The van der Waals surface area contributed by atoms with Gasteiger partial charge in [-0.05, 0) is 27.0 Å². The zero-order chi connectivity index (χ0) is 12.4. The van der Waals surface area contributed by atoms with Crippen molar-refractivity contribution in [1.29, 1.82) is 0 Å². The Morgan fingerprint density at radius 1 is 1.47 bits per heavy atom. The summed E-state index contributed by atoms with van der Waals surface area (Å²) in [5.74, 6) is 1.87. The number of aromatic nitrogens is 2. The van der Waals surface area contributed by atoms with Gasteiger partial charge >= 0.3 is 0 Å². The van der Waals surface area contributed by atoms with Crippen LogP contribution in [0.5, 0.6) is 0 Å². The van der Waals surface area contributed by atoms with E-state index in [9.17, 15) is 0 Å². The van der Waals surface area contributed by atoms with Crippen molar-refractivity contribution in [3.63, 3.8) is 0 Å². The van der Waals surface area contributed by atoms with Crippen molar-refractivity contribution < 1.29 is 4.42 Å². The molecule has 0 saturated carbocycles. The van der Waals surface area contributed by atoms with Gasteiger partial charge in [0.05, 0.1) is 23.8 Å². The topological polar surface area (TPSA) is 43.0 Å². The summed E-state index contributed by atoms with van der Waals surface area (Å²) in [7, 11) is 1.90. The minimum atomic E-state index is 0.687. The average molecular weight is 254 g/mol. The van der Waals surface area contributed by atoms with Gasteiger partial charge in [-0.15, -0.1) is 0 Å². The van der Waals surface area contributed by atoms with Gasteiger partial charge in [0.1, 0.15) is 11.5 Å². The molecular weight excluding hydrogens is 238 g/mol. The number of furan rings is 1. The quantitative estimate of drug-likeness (QED) is 0.911. The predicted molar refractivity (Wildman–Crippen MR) is 67.3 cm³/mol. The van der Waals surface area contributed by atoms with Crippen LogP contribution in [0.1, 0.15) is 22.8 Å².